The van der Waals surface area contributed by atoms with Crippen LogP contribution in [0.2, 0.25) is 0 Å². The lowest BCUT2D eigenvalue weighted by Crippen LogP contribution is -2.28. The highest BCUT2D eigenvalue weighted by molar-refractivity contribution is 5.95. The predicted octanol–water partition coefficient (Wildman–Crippen LogP) is 6.67. The molecule has 33 heavy (non-hydrogen) atoms. The van der Waals surface area contributed by atoms with E-state index in [1.807, 2.05) is 79.7 Å². The van der Waals surface area contributed by atoms with E-state index in [1.54, 1.807) is 13.2 Å². The number of nitrogens with one attached hydrogen (secondary N) is 1. The zero-order chi connectivity index (χ0) is 23.0. The summed E-state index contributed by atoms with van der Waals surface area (Å²) in [6.45, 7) is 1.96. The average Bonchev–Trinajstić information content (AvgIpc) is 2.88. The van der Waals surface area contributed by atoms with Crippen LogP contribution in [-0.4, -0.2) is 13.0 Å². The van der Waals surface area contributed by atoms with Gasteiger partial charge in [0.1, 0.15) is 5.75 Å². The van der Waals surface area contributed by atoms with Gasteiger partial charge < -0.3 is 10.1 Å². The molecule has 0 aliphatic heterocycles. The van der Waals surface area contributed by atoms with E-state index >= 15 is 0 Å². The second-order valence-electron chi connectivity index (χ2n) is 7.90. The van der Waals surface area contributed by atoms with E-state index in [0.29, 0.717) is 0 Å². The maximum atomic E-state index is 13.0. The molecule has 0 aliphatic carbocycles. The van der Waals surface area contributed by atoms with Crippen LogP contribution >= 0.6 is 0 Å². The Morgan fingerprint density at radius 3 is 1.88 bits per heavy atom. The van der Waals surface area contributed by atoms with Gasteiger partial charge in [-0.05, 0) is 52.4 Å². The van der Waals surface area contributed by atoms with Crippen LogP contribution in [-0.2, 0) is 4.79 Å². The summed E-state index contributed by atoms with van der Waals surface area (Å²) < 4.78 is 5.28. The highest BCUT2D eigenvalue weighted by Crippen LogP contribution is 2.25. The number of methoxy groups -OCH3 is 1. The van der Waals surface area contributed by atoms with Gasteiger partial charge >= 0.3 is 0 Å². The van der Waals surface area contributed by atoms with Crippen molar-refractivity contribution in [2.24, 2.45) is 0 Å². The zero-order valence-electron chi connectivity index (χ0n) is 18.9. The van der Waals surface area contributed by atoms with Crippen LogP contribution in [0.15, 0.2) is 115 Å². The van der Waals surface area contributed by atoms with Gasteiger partial charge in [-0.3, -0.25) is 4.79 Å². The molecule has 0 saturated carbocycles. The lowest BCUT2D eigenvalue weighted by Gasteiger charge is -2.19. The van der Waals surface area contributed by atoms with E-state index in [9.17, 15) is 4.79 Å². The van der Waals surface area contributed by atoms with Gasteiger partial charge in [0.25, 0.3) is 0 Å². The molecule has 1 N–H and O–H groups in total. The summed E-state index contributed by atoms with van der Waals surface area (Å²) in [6.07, 6.45) is 1.66. The summed E-state index contributed by atoms with van der Waals surface area (Å²) in [5.41, 5.74) is 6.27. The van der Waals surface area contributed by atoms with Crippen LogP contribution < -0.4 is 10.1 Å². The minimum Gasteiger partial charge on any atom is -0.497 e. The topological polar surface area (TPSA) is 38.3 Å². The van der Waals surface area contributed by atoms with E-state index < -0.39 is 0 Å². The SMILES string of the molecule is COc1ccc(C(NC(=O)C=C(C)c2ccc(-c3ccccc3)cc2)c2ccccc2)cc1. The molecule has 0 spiro atoms. The molecule has 4 aromatic rings. The van der Waals surface area contributed by atoms with Crippen molar-refractivity contribution in [1.29, 1.82) is 0 Å². The summed E-state index contributed by atoms with van der Waals surface area (Å²) in [6, 6.07) is 36.0. The first-order chi connectivity index (χ1) is 16.1. The minimum absolute atomic E-state index is 0.135. The van der Waals surface area contributed by atoms with Crippen LogP contribution in [0.3, 0.4) is 0 Å². The molecule has 164 valence electrons. The molecule has 0 heterocycles. The third-order valence-corrected chi connectivity index (χ3v) is 5.66. The van der Waals surface area contributed by atoms with Crippen molar-refractivity contribution in [3.8, 4) is 16.9 Å². The first-order valence-corrected chi connectivity index (χ1v) is 11.0. The smallest absolute Gasteiger partial charge is 0.245 e. The molecule has 0 fully saturated rings. The Bertz CT molecular complexity index is 1210. The molecular formula is C30H27NO2. The van der Waals surface area contributed by atoms with Crippen molar-refractivity contribution in [2.45, 2.75) is 13.0 Å². The highest BCUT2D eigenvalue weighted by Gasteiger charge is 2.16. The Morgan fingerprint density at radius 1 is 0.727 bits per heavy atom. The molecule has 4 aromatic carbocycles. The maximum Gasteiger partial charge on any atom is 0.245 e. The summed E-state index contributed by atoms with van der Waals surface area (Å²) in [7, 11) is 1.64. The first-order valence-electron chi connectivity index (χ1n) is 11.0. The number of allylic oxidation sites excluding steroid dienone is 1. The molecule has 1 unspecified atom stereocenters. The monoisotopic (exact) mass is 433 g/mol. The summed E-state index contributed by atoms with van der Waals surface area (Å²) in [5, 5.41) is 3.17. The molecular weight excluding hydrogens is 406 g/mol. The summed E-state index contributed by atoms with van der Waals surface area (Å²) in [4.78, 5) is 13.0. The van der Waals surface area contributed by atoms with Crippen LogP contribution in [0.4, 0.5) is 0 Å². The van der Waals surface area contributed by atoms with E-state index in [4.69, 9.17) is 4.74 Å². The molecule has 0 aromatic heterocycles. The number of carbonyl (C=O) groups excluding carboxylic acids is 1. The molecule has 1 amide bonds. The minimum atomic E-state index is -0.255. The first kappa shape index (κ1) is 22.1. The summed E-state index contributed by atoms with van der Waals surface area (Å²) in [5.74, 6) is 0.649. The van der Waals surface area contributed by atoms with Crippen molar-refractivity contribution in [1.82, 2.24) is 5.32 Å². The number of ether oxygens (including phenoxy) is 1. The van der Waals surface area contributed by atoms with Crippen molar-refractivity contribution in [3.63, 3.8) is 0 Å². The Hall–Kier alpha value is -4.11. The van der Waals surface area contributed by atoms with Crippen LogP contribution in [0.25, 0.3) is 16.7 Å². The normalized spacial score (nSPS) is 12.1. The van der Waals surface area contributed by atoms with Gasteiger partial charge in [-0.25, -0.2) is 0 Å². The number of benzene rings is 4. The van der Waals surface area contributed by atoms with Crippen LogP contribution in [0.5, 0.6) is 5.75 Å². The van der Waals surface area contributed by atoms with E-state index in [0.717, 1.165) is 33.6 Å². The number of hydrogen-bond acceptors (Lipinski definition) is 2. The predicted molar refractivity (Wildman–Crippen MR) is 135 cm³/mol. The van der Waals surface area contributed by atoms with Crippen molar-refractivity contribution < 1.29 is 9.53 Å². The van der Waals surface area contributed by atoms with Crippen LogP contribution in [0, 0.1) is 0 Å². The number of hydrogen-bond donors (Lipinski definition) is 1. The third kappa shape index (κ3) is 5.58. The van der Waals surface area contributed by atoms with E-state index in [1.165, 1.54) is 5.56 Å². The lowest BCUT2D eigenvalue weighted by atomic mass is 9.98. The molecule has 0 aliphatic rings. The third-order valence-electron chi connectivity index (χ3n) is 5.66. The largest absolute Gasteiger partial charge is 0.497 e. The fourth-order valence-corrected chi connectivity index (χ4v) is 3.82. The Labute approximate surface area is 195 Å². The molecule has 0 saturated heterocycles. The number of amides is 1. The highest BCUT2D eigenvalue weighted by atomic mass is 16.5. The van der Waals surface area contributed by atoms with Gasteiger partial charge in [0, 0.05) is 6.08 Å². The average molecular weight is 434 g/mol. The van der Waals surface area contributed by atoms with E-state index in [-0.39, 0.29) is 11.9 Å². The van der Waals surface area contributed by atoms with Gasteiger partial charge in [-0.2, -0.15) is 0 Å². The van der Waals surface area contributed by atoms with Gasteiger partial charge in [-0.1, -0.05) is 97.1 Å². The second-order valence-corrected chi connectivity index (χ2v) is 7.90. The molecule has 4 rings (SSSR count). The van der Waals surface area contributed by atoms with Gasteiger partial charge in [0.05, 0.1) is 13.2 Å². The summed E-state index contributed by atoms with van der Waals surface area (Å²) >= 11 is 0. The van der Waals surface area contributed by atoms with Gasteiger partial charge in [-0.15, -0.1) is 0 Å². The Kier molecular flexibility index (Phi) is 7.01. The van der Waals surface area contributed by atoms with E-state index in [2.05, 4.69) is 41.7 Å². The van der Waals surface area contributed by atoms with Crippen molar-refractivity contribution >= 4 is 11.5 Å². The van der Waals surface area contributed by atoms with Crippen LogP contribution in [0.1, 0.15) is 29.7 Å². The quantitative estimate of drug-likeness (QED) is 0.331. The number of carbonyl (C=O) groups is 1. The molecule has 3 heteroatoms. The van der Waals surface area contributed by atoms with Crippen molar-refractivity contribution in [3.05, 3.63) is 132 Å². The fourth-order valence-electron chi connectivity index (χ4n) is 3.82. The maximum absolute atomic E-state index is 13.0. The molecule has 3 nitrogen and oxygen atoms in total. The fraction of sp³-hybridized carbons (Fsp3) is 0.100. The van der Waals surface area contributed by atoms with Gasteiger partial charge in [0.15, 0.2) is 0 Å². The van der Waals surface area contributed by atoms with Gasteiger partial charge in [0.2, 0.25) is 5.91 Å². The number of rotatable bonds is 7. The zero-order valence-corrected chi connectivity index (χ0v) is 18.9. The Morgan fingerprint density at radius 2 is 1.27 bits per heavy atom. The standard InChI is InChI=1S/C30H27NO2/c1-22(23-13-15-25(16-14-23)24-9-5-3-6-10-24)21-29(32)31-30(26-11-7-4-8-12-26)27-17-19-28(33-2)20-18-27/h3-21,30H,1-2H3,(H,31,32). The molecule has 1 atom stereocenters. The van der Waals surface area contributed by atoms with Crippen molar-refractivity contribution in [2.75, 3.05) is 7.11 Å². The molecule has 0 radical (unpaired) electrons. The lowest BCUT2D eigenvalue weighted by molar-refractivity contribution is -0.116. The second kappa shape index (κ2) is 10.5. The Balaban J connectivity index is 1.53. The molecule has 0 bridgehead atoms.